The number of carbonyl (C=O) groups excluding carboxylic acids is 1. The average molecular weight is 338 g/mol. The standard InChI is InChI=1S/C15H27N3O.2ClH/c16-14-7-3-6-13(14)15(19)18-10-8-17(9-11-18)12-4-1-2-5-12;;/h12-14H,1-11,16H2;2*1H. The van der Waals surface area contributed by atoms with Gasteiger partial charge >= 0.3 is 0 Å². The number of nitrogens with zero attached hydrogens (tertiary/aromatic N) is 2. The molecule has 1 saturated heterocycles. The number of halogens is 2. The molecule has 2 unspecified atom stereocenters. The summed E-state index contributed by atoms with van der Waals surface area (Å²) < 4.78 is 0. The van der Waals surface area contributed by atoms with Crippen LogP contribution in [0.2, 0.25) is 0 Å². The molecule has 2 atom stereocenters. The van der Waals surface area contributed by atoms with E-state index in [0.29, 0.717) is 5.91 Å². The van der Waals surface area contributed by atoms with Crippen LogP contribution in [-0.4, -0.2) is 54.0 Å². The smallest absolute Gasteiger partial charge is 0.227 e. The number of rotatable bonds is 2. The van der Waals surface area contributed by atoms with E-state index in [1.807, 2.05) is 0 Å². The molecule has 124 valence electrons. The van der Waals surface area contributed by atoms with Gasteiger partial charge in [0.1, 0.15) is 0 Å². The van der Waals surface area contributed by atoms with E-state index < -0.39 is 0 Å². The van der Waals surface area contributed by atoms with E-state index in [9.17, 15) is 4.79 Å². The van der Waals surface area contributed by atoms with Gasteiger partial charge in [0.2, 0.25) is 5.91 Å². The maximum absolute atomic E-state index is 12.5. The van der Waals surface area contributed by atoms with Crippen LogP contribution in [0.25, 0.3) is 0 Å². The lowest BCUT2D eigenvalue weighted by atomic mass is 10.0. The number of piperazine rings is 1. The number of hydrogen-bond donors (Lipinski definition) is 1. The molecule has 3 rings (SSSR count). The Hall–Kier alpha value is -0.0300. The lowest BCUT2D eigenvalue weighted by molar-refractivity contribution is -0.137. The highest BCUT2D eigenvalue weighted by Crippen LogP contribution is 2.28. The highest BCUT2D eigenvalue weighted by molar-refractivity contribution is 5.85. The molecule has 0 spiro atoms. The normalized spacial score (nSPS) is 30.8. The Kier molecular flexibility index (Phi) is 7.75. The summed E-state index contributed by atoms with van der Waals surface area (Å²) in [7, 11) is 0. The molecule has 2 aliphatic carbocycles. The zero-order valence-corrected chi connectivity index (χ0v) is 14.3. The highest BCUT2D eigenvalue weighted by Gasteiger charge is 2.35. The van der Waals surface area contributed by atoms with Gasteiger partial charge in [0.15, 0.2) is 0 Å². The van der Waals surface area contributed by atoms with Crippen molar-refractivity contribution in [1.82, 2.24) is 9.80 Å². The molecule has 2 N–H and O–H groups in total. The lowest BCUT2D eigenvalue weighted by Gasteiger charge is -2.39. The van der Waals surface area contributed by atoms with Crippen molar-refractivity contribution in [3.05, 3.63) is 0 Å². The van der Waals surface area contributed by atoms with E-state index in [2.05, 4.69) is 9.80 Å². The van der Waals surface area contributed by atoms with Gasteiger partial charge in [-0.25, -0.2) is 0 Å². The molecule has 1 aliphatic heterocycles. The first-order valence-corrected chi connectivity index (χ1v) is 8.04. The topological polar surface area (TPSA) is 49.6 Å². The Morgan fingerprint density at radius 2 is 1.48 bits per heavy atom. The molecule has 2 saturated carbocycles. The van der Waals surface area contributed by atoms with Crippen LogP contribution in [-0.2, 0) is 4.79 Å². The molecular weight excluding hydrogens is 309 g/mol. The van der Waals surface area contributed by atoms with Crippen LogP contribution in [0.5, 0.6) is 0 Å². The number of amides is 1. The third-order valence-electron chi connectivity index (χ3n) is 5.35. The summed E-state index contributed by atoms with van der Waals surface area (Å²) in [5.74, 6) is 0.439. The van der Waals surface area contributed by atoms with E-state index in [4.69, 9.17) is 5.73 Å². The third-order valence-corrected chi connectivity index (χ3v) is 5.35. The monoisotopic (exact) mass is 337 g/mol. The predicted molar refractivity (Wildman–Crippen MR) is 90.2 cm³/mol. The Balaban J connectivity index is 0.00000110. The van der Waals surface area contributed by atoms with Crippen LogP contribution in [0.4, 0.5) is 0 Å². The maximum atomic E-state index is 12.5. The molecule has 21 heavy (non-hydrogen) atoms. The van der Waals surface area contributed by atoms with Crippen molar-refractivity contribution in [1.29, 1.82) is 0 Å². The van der Waals surface area contributed by atoms with Crippen molar-refractivity contribution in [2.75, 3.05) is 26.2 Å². The Bertz CT molecular complexity index is 329. The van der Waals surface area contributed by atoms with Crippen LogP contribution < -0.4 is 5.73 Å². The molecule has 3 fully saturated rings. The van der Waals surface area contributed by atoms with Crippen LogP contribution in [0.1, 0.15) is 44.9 Å². The molecule has 3 aliphatic rings. The minimum Gasteiger partial charge on any atom is -0.340 e. The summed E-state index contributed by atoms with van der Waals surface area (Å²) in [6.07, 6.45) is 8.66. The minimum absolute atomic E-state index is 0. The second-order valence-corrected chi connectivity index (χ2v) is 6.50. The first kappa shape index (κ1) is 19.0. The fourth-order valence-electron chi connectivity index (χ4n) is 4.11. The van der Waals surface area contributed by atoms with Crippen LogP contribution in [0.3, 0.4) is 0 Å². The summed E-state index contributed by atoms with van der Waals surface area (Å²) in [5, 5.41) is 0. The van der Waals surface area contributed by atoms with Gasteiger partial charge in [-0.05, 0) is 25.7 Å². The van der Waals surface area contributed by atoms with Gasteiger partial charge in [0, 0.05) is 38.3 Å². The summed E-state index contributed by atoms with van der Waals surface area (Å²) in [4.78, 5) is 17.1. The molecule has 6 heteroatoms. The number of nitrogens with two attached hydrogens (primary N) is 1. The summed E-state index contributed by atoms with van der Waals surface area (Å²) in [6.45, 7) is 3.97. The van der Waals surface area contributed by atoms with E-state index in [1.165, 1.54) is 25.7 Å². The Morgan fingerprint density at radius 1 is 0.857 bits per heavy atom. The zero-order chi connectivity index (χ0) is 13.2. The molecule has 4 nitrogen and oxygen atoms in total. The van der Waals surface area contributed by atoms with Crippen molar-refractivity contribution >= 4 is 30.7 Å². The molecule has 0 aromatic rings. The SMILES string of the molecule is Cl.Cl.NC1CCCC1C(=O)N1CCN(C2CCCC2)CC1. The largest absolute Gasteiger partial charge is 0.340 e. The van der Waals surface area contributed by atoms with Crippen molar-refractivity contribution in [2.24, 2.45) is 11.7 Å². The zero-order valence-electron chi connectivity index (χ0n) is 12.7. The van der Waals surface area contributed by atoms with E-state index in [-0.39, 0.29) is 36.8 Å². The van der Waals surface area contributed by atoms with Crippen molar-refractivity contribution in [3.63, 3.8) is 0 Å². The average Bonchev–Trinajstić information content (AvgIpc) is 3.09. The third kappa shape index (κ3) is 4.25. The second kappa shape index (κ2) is 8.56. The van der Waals surface area contributed by atoms with Crippen LogP contribution in [0.15, 0.2) is 0 Å². The molecule has 0 bridgehead atoms. The van der Waals surface area contributed by atoms with Gasteiger partial charge in [-0.2, -0.15) is 0 Å². The quantitative estimate of drug-likeness (QED) is 0.838. The van der Waals surface area contributed by atoms with Gasteiger partial charge in [0.05, 0.1) is 5.92 Å². The Labute approximate surface area is 140 Å². The van der Waals surface area contributed by atoms with Crippen molar-refractivity contribution < 1.29 is 4.79 Å². The second-order valence-electron chi connectivity index (χ2n) is 6.50. The van der Waals surface area contributed by atoms with E-state index in [1.54, 1.807) is 0 Å². The molecule has 1 heterocycles. The summed E-state index contributed by atoms with van der Waals surface area (Å²) >= 11 is 0. The summed E-state index contributed by atoms with van der Waals surface area (Å²) in [6, 6.07) is 0.909. The minimum atomic E-state index is 0. The van der Waals surface area contributed by atoms with E-state index >= 15 is 0 Å². The first-order chi connectivity index (χ1) is 9.25. The van der Waals surface area contributed by atoms with Gasteiger partial charge in [-0.1, -0.05) is 19.3 Å². The summed E-state index contributed by atoms with van der Waals surface area (Å²) in [5.41, 5.74) is 6.06. The van der Waals surface area contributed by atoms with Gasteiger partial charge in [-0.15, -0.1) is 24.8 Å². The molecule has 0 aromatic heterocycles. The van der Waals surface area contributed by atoms with Gasteiger partial charge < -0.3 is 10.6 Å². The Morgan fingerprint density at radius 3 is 2.00 bits per heavy atom. The molecular formula is C15H29Cl2N3O. The number of hydrogen-bond acceptors (Lipinski definition) is 3. The first-order valence-electron chi connectivity index (χ1n) is 8.04. The van der Waals surface area contributed by atoms with Crippen LogP contribution in [0, 0.1) is 5.92 Å². The molecule has 0 radical (unpaired) electrons. The molecule has 0 aromatic carbocycles. The fraction of sp³-hybridized carbons (Fsp3) is 0.933. The highest BCUT2D eigenvalue weighted by atomic mass is 35.5. The van der Waals surface area contributed by atoms with Crippen molar-refractivity contribution in [3.8, 4) is 0 Å². The van der Waals surface area contributed by atoms with Crippen LogP contribution >= 0.6 is 24.8 Å². The van der Waals surface area contributed by atoms with Gasteiger partial charge in [0.25, 0.3) is 0 Å². The molecule has 1 amide bonds. The lowest BCUT2D eigenvalue weighted by Crippen LogP contribution is -2.53. The van der Waals surface area contributed by atoms with Crippen molar-refractivity contribution in [2.45, 2.75) is 57.0 Å². The maximum Gasteiger partial charge on any atom is 0.227 e. The number of carbonyl (C=O) groups is 1. The van der Waals surface area contributed by atoms with Gasteiger partial charge in [-0.3, -0.25) is 9.69 Å². The fourth-order valence-corrected chi connectivity index (χ4v) is 4.11. The predicted octanol–water partition coefficient (Wildman–Crippen LogP) is 2.04. The van der Waals surface area contributed by atoms with E-state index in [0.717, 1.165) is 51.5 Å².